The van der Waals surface area contributed by atoms with Crippen LogP contribution in [0.2, 0.25) is 0 Å². The summed E-state index contributed by atoms with van der Waals surface area (Å²) in [5.74, 6) is 0.665. The van der Waals surface area contributed by atoms with Gasteiger partial charge in [-0.2, -0.15) is 0 Å². The normalized spacial score (nSPS) is 16.4. The maximum absolute atomic E-state index is 14.0. The van der Waals surface area contributed by atoms with Gasteiger partial charge in [0.05, 0.1) is 6.54 Å². The van der Waals surface area contributed by atoms with Gasteiger partial charge in [0.2, 0.25) is 0 Å². The van der Waals surface area contributed by atoms with E-state index in [1.165, 1.54) is 18.2 Å². The summed E-state index contributed by atoms with van der Waals surface area (Å²) in [5, 5.41) is 6.73. The van der Waals surface area contributed by atoms with Crippen LogP contribution < -0.4 is 15.5 Å². The molecule has 0 bridgehead atoms. The lowest BCUT2D eigenvalue weighted by molar-refractivity contribution is 0.336. The van der Waals surface area contributed by atoms with Gasteiger partial charge < -0.3 is 20.4 Å². The van der Waals surface area contributed by atoms with Crippen molar-refractivity contribution in [3.8, 4) is 0 Å². The Bertz CT molecular complexity index is 833. The summed E-state index contributed by atoms with van der Waals surface area (Å²) in [4.78, 5) is 13.0. The average Bonchev–Trinajstić information content (AvgIpc) is 3.18. The van der Waals surface area contributed by atoms with Gasteiger partial charge in [-0.05, 0) is 50.2 Å². The molecule has 2 aromatic rings. The minimum atomic E-state index is -0.289. The van der Waals surface area contributed by atoms with E-state index in [2.05, 4.69) is 25.5 Å². The highest BCUT2D eigenvalue weighted by Gasteiger charge is 2.25. The number of likely N-dealkylation sites (N-methyl/N-ethyl adjacent to an activating group) is 1. The molecule has 9 heteroatoms. The first-order valence-corrected chi connectivity index (χ1v) is 10.4. The Hall–Kier alpha value is -2.01. The van der Waals surface area contributed by atoms with Crippen LogP contribution in [-0.4, -0.2) is 61.7 Å². The number of aromatic nitrogens is 1. The van der Waals surface area contributed by atoms with Crippen LogP contribution in [-0.2, 0) is 6.54 Å². The van der Waals surface area contributed by atoms with Gasteiger partial charge in [-0.1, -0.05) is 12.1 Å². The molecule has 170 valence electrons. The molecular formula is C22H31F2IN6. The van der Waals surface area contributed by atoms with Crippen LogP contribution in [0.4, 0.5) is 14.6 Å². The molecule has 31 heavy (non-hydrogen) atoms. The molecule has 1 atom stereocenters. The second kappa shape index (κ2) is 12.7. The number of nitrogens with zero attached hydrogens (tertiary/aromatic N) is 4. The molecular weight excluding hydrogens is 513 g/mol. The van der Waals surface area contributed by atoms with Crippen molar-refractivity contribution in [2.45, 2.75) is 25.9 Å². The van der Waals surface area contributed by atoms with Crippen molar-refractivity contribution < 1.29 is 8.78 Å². The lowest BCUT2D eigenvalue weighted by atomic mass is 10.2. The molecule has 0 saturated carbocycles. The molecule has 1 fully saturated rings. The second-order valence-corrected chi connectivity index (χ2v) is 7.51. The minimum Gasteiger partial charge on any atom is -0.357 e. The Kier molecular flexibility index (Phi) is 10.4. The highest BCUT2D eigenvalue weighted by molar-refractivity contribution is 14.0. The maximum atomic E-state index is 14.0. The molecule has 1 aliphatic heterocycles. The van der Waals surface area contributed by atoms with Gasteiger partial charge in [0.1, 0.15) is 5.82 Å². The highest BCUT2D eigenvalue weighted by atomic mass is 127. The van der Waals surface area contributed by atoms with E-state index in [9.17, 15) is 8.78 Å². The van der Waals surface area contributed by atoms with E-state index in [0.717, 1.165) is 44.1 Å². The molecule has 2 heterocycles. The van der Waals surface area contributed by atoms with Gasteiger partial charge in [-0.3, -0.25) is 4.99 Å². The summed E-state index contributed by atoms with van der Waals surface area (Å²) >= 11 is 0. The van der Waals surface area contributed by atoms with Crippen molar-refractivity contribution in [2.75, 3.05) is 44.7 Å². The van der Waals surface area contributed by atoms with Gasteiger partial charge in [0.25, 0.3) is 0 Å². The van der Waals surface area contributed by atoms with Crippen molar-refractivity contribution in [1.82, 2.24) is 20.5 Å². The number of rotatable bonds is 8. The number of nitrogens with one attached hydrogen (secondary N) is 2. The van der Waals surface area contributed by atoms with E-state index < -0.39 is 0 Å². The number of anilines is 1. The molecule has 1 saturated heterocycles. The van der Waals surface area contributed by atoms with E-state index in [0.29, 0.717) is 18.9 Å². The van der Waals surface area contributed by atoms with Crippen LogP contribution in [0.5, 0.6) is 0 Å². The van der Waals surface area contributed by atoms with E-state index >= 15 is 0 Å². The first-order valence-electron chi connectivity index (χ1n) is 10.4. The SMILES string of the molecule is CCNC(=NCCN(C)Cc1ccc(F)cc1)NC1CCN(c2ncccc2F)C1.I. The van der Waals surface area contributed by atoms with Crippen LogP contribution >= 0.6 is 24.0 Å². The fraction of sp³-hybridized carbons (Fsp3) is 0.455. The second-order valence-electron chi connectivity index (χ2n) is 7.51. The summed E-state index contributed by atoms with van der Waals surface area (Å²) in [7, 11) is 2.02. The quantitative estimate of drug-likeness (QED) is 0.304. The van der Waals surface area contributed by atoms with E-state index in [-0.39, 0.29) is 41.7 Å². The molecule has 3 rings (SSSR count). The third kappa shape index (κ3) is 7.88. The molecule has 1 aliphatic rings. The lowest BCUT2D eigenvalue weighted by Gasteiger charge is -2.20. The molecule has 0 amide bonds. The smallest absolute Gasteiger partial charge is 0.191 e. The number of guanidine groups is 1. The molecule has 0 aliphatic carbocycles. The van der Waals surface area contributed by atoms with Crippen LogP contribution in [0.15, 0.2) is 47.6 Å². The predicted molar refractivity (Wildman–Crippen MR) is 132 cm³/mol. The number of aliphatic imine (C=N–C) groups is 1. The van der Waals surface area contributed by atoms with Gasteiger partial charge in [-0.25, -0.2) is 13.8 Å². The van der Waals surface area contributed by atoms with E-state index in [4.69, 9.17) is 0 Å². The van der Waals surface area contributed by atoms with Crippen molar-refractivity contribution in [2.24, 2.45) is 4.99 Å². The zero-order valence-electron chi connectivity index (χ0n) is 18.0. The molecule has 0 radical (unpaired) electrons. The summed E-state index contributed by atoms with van der Waals surface area (Å²) in [6.45, 7) is 6.40. The Morgan fingerprint density at radius 3 is 2.74 bits per heavy atom. The summed E-state index contributed by atoms with van der Waals surface area (Å²) < 4.78 is 27.0. The number of hydrogen-bond donors (Lipinski definition) is 2. The van der Waals surface area contributed by atoms with Gasteiger partial charge >= 0.3 is 0 Å². The van der Waals surface area contributed by atoms with Crippen molar-refractivity contribution in [1.29, 1.82) is 0 Å². The standard InChI is InChI=1S/C22H30F2N6.HI/c1-3-25-22(27-12-14-29(2)15-17-6-8-18(23)9-7-17)28-19-10-13-30(16-19)21-20(24)5-4-11-26-21;/h4-9,11,19H,3,10,12-16H2,1-2H3,(H2,25,27,28);1H. The van der Waals surface area contributed by atoms with E-state index in [1.54, 1.807) is 24.4 Å². The van der Waals surface area contributed by atoms with Gasteiger partial charge in [-0.15, -0.1) is 24.0 Å². The summed E-state index contributed by atoms with van der Waals surface area (Å²) in [6, 6.07) is 9.80. The number of hydrogen-bond acceptors (Lipinski definition) is 4. The Morgan fingerprint density at radius 2 is 2.03 bits per heavy atom. The first-order chi connectivity index (χ1) is 14.5. The lowest BCUT2D eigenvalue weighted by Crippen LogP contribution is -2.45. The third-order valence-corrected chi connectivity index (χ3v) is 5.03. The van der Waals surface area contributed by atoms with Crippen LogP contribution in [0.25, 0.3) is 0 Å². The Morgan fingerprint density at radius 1 is 1.26 bits per heavy atom. The molecule has 1 unspecified atom stereocenters. The van der Waals surface area contributed by atoms with Crippen molar-refractivity contribution in [3.05, 3.63) is 59.8 Å². The third-order valence-electron chi connectivity index (χ3n) is 5.03. The number of halogens is 3. The molecule has 2 N–H and O–H groups in total. The van der Waals surface area contributed by atoms with Crippen molar-refractivity contribution >= 4 is 35.8 Å². The molecule has 6 nitrogen and oxygen atoms in total. The zero-order chi connectivity index (χ0) is 21.3. The van der Waals surface area contributed by atoms with Crippen molar-refractivity contribution in [3.63, 3.8) is 0 Å². The Labute approximate surface area is 200 Å². The van der Waals surface area contributed by atoms with Gasteiger partial charge in [0, 0.05) is 45.0 Å². The van der Waals surface area contributed by atoms with Crippen LogP contribution in [0.3, 0.4) is 0 Å². The monoisotopic (exact) mass is 544 g/mol. The summed E-state index contributed by atoms with van der Waals surface area (Å²) in [6.07, 6.45) is 2.51. The van der Waals surface area contributed by atoms with Gasteiger partial charge in [0.15, 0.2) is 17.6 Å². The van der Waals surface area contributed by atoms with Crippen LogP contribution in [0, 0.1) is 11.6 Å². The topological polar surface area (TPSA) is 55.8 Å². The first kappa shape index (κ1) is 25.3. The maximum Gasteiger partial charge on any atom is 0.191 e. The minimum absolute atomic E-state index is 0. The average molecular weight is 544 g/mol. The fourth-order valence-corrected chi connectivity index (χ4v) is 3.51. The number of pyridine rings is 1. The molecule has 1 aromatic heterocycles. The Balaban J connectivity index is 0.00000341. The van der Waals surface area contributed by atoms with Crippen LogP contribution in [0.1, 0.15) is 18.9 Å². The largest absolute Gasteiger partial charge is 0.357 e. The zero-order valence-corrected chi connectivity index (χ0v) is 20.4. The fourth-order valence-electron chi connectivity index (χ4n) is 3.51. The number of benzene rings is 1. The summed E-state index contributed by atoms with van der Waals surface area (Å²) in [5.41, 5.74) is 1.07. The molecule has 0 spiro atoms. The predicted octanol–water partition coefficient (Wildman–Crippen LogP) is 3.24. The molecule has 1 aromatic carbocycles. The highest BCUT2D eigenvalue weighted by Crippen LogP contribution is 2.20. The van der Waals surface area contributed by atoms with E-state index in [1.807, 2.05) is 18.9 Å².